The van der Waals surface area contributed by atoms with Gasteiger partial charge in [-0.25, -0.2) is 4.98 Å². The average Bonchev–Trinajstić information content (AvgIpc) is 2.96. The van der Waals surface area contributed by atoms with Crippen LogP contribution >= 0.6 is 11.3 Å². The van der Waals surface area contributed by atoms with Gasteiger partial charge in [0, 0.05) is 17.7 Å². The first-order chi connectivity index (χ1) is 12.0. The number of nitro groups is 1. The summed E-state index contributed by atoms with van der Waals surface area (Å²) in [6, 6.07) is 9.68. The van der Waals surface area contributed by atoms with Gasteiger partial charge in [0.2, 0.25) is 0 Å². The van der Waals surface area contributed by atoms with Crippen LogP contribution in [0.4, 0.5) is 10.8 Å². The molecular weight excluding hydrogens is 342 g/mol. The normalized spacial score (nSPS) is 10.6. The summed E-state index contributed by atoms with van der Waals surface area (Å²) in [5.74, 6) is 0.402. The first-order valence-electron chi connectivity index (χ1n) is 7.57. The second-order valence-electron chi connectivity index (χ2n) is 5.29. The summed E-state index contributed by atoms with van der Waals surface area (Å²) < 4.78 is 6.36. The van der Waals surface area contributed by atoms with Crippen LogP contribution in [0.15, 0.2) is 36.4 Å². The Bertz CT molecular complexity index is 968. The maximum Gasteiger partial charge on any atom is 0.269 e. The molecule has 3 aromatic rings. The minimum absolute atomic E-state index is 0.0440. The zero-order valence-electron chi connectivity index (χ0n) is 13.6. The van der Waals surface area contributed by atoms with E-state index >= 15 is 0 Å². The van der Waals surface area contributed by atoms with Crippen molar-refractivity contribution in [2.75, 3.05) is 11.9 Å². The van der Waals surface area contributed by atoms with Crippen molar-refractivity contribution < 1.29 is 14.5 Å². The lowest BCUT2D eigenvalue weighted by Gasteiger charge is -2.05. The van der Waals surface area contributed by atoms with Gasteiger partial charge in [0.25, 0.3) is 11.6 Å². The second-order valence-corrected chi connectivity index (χ2v) is 6.32. The predicted molar refractivity (Wildman–Crippen MR) is 96.6 cm³/mol. The standard InChI is InChI=1S/C17H15N3O4S/c1-3-24-12-5-7-14-15(9-12)25-17(18-14)19-16(21)13-6-4-11(20(22)23)8-10(13)2/h4-9H,3H2,1-2H3,(H,18,19,21). The van der Waals surface area contributed by atoms with E-state index in [2.05, 4.69) is 10.3 Å². The minimum atomic E-state index is -0.488. The van der Waals surface area contributed by atoms with Gasteiger partial charge in [-0.1, -0.05) is 11.3 Å². The van der Waals surface area contributed by atoms with Crippen LogP contribution in [-0.2, 0) is 0 Å². The van der Waals surface area contributed by atoms with Crippen molar-refractivity contribution in [2.45, 2.75) is 13.8 Å². The third-order valence-electron chi connectivity index (χ3n) is 3.56. The average molecular weight is 357 g/mol. The van der Waals surface area contributed by atoms with Gasteiger partial charge >= 0.3 is 0 Å². The van der Waals surface area contributed by atoms with Crippen molar-refractivity contribution >= 4 is 38.3 Å². The lowest BCUT2D eigenvalue weighted by atomic mass is 10.1. The molecule has 0 radical (unpaired) electrons. The molecule has 25 heavy (non-hydrogen) atoms. The maximum absolute atomic E-state index is 12.4. The van der Waals surface area contributed by atoms with Crippen LogP contribution in [0.2, 0.25) is 0 Å². The van der Waals surface area contributed by atoms with Crippen LogP contribution in [0, 0.1) is 17.0 Å². The van der Waals surface area contributed by atoms with E-state index in [1.54, 1.807) is 6.92 Å². The van der Waals surface area contributed by atoms with Gasteiger partial charge in [0.05, 0.1) is 21.7 Å². The Kier molecular flexibility index (Phi) is 4.62. The van der Waals surface area contributed by atoms with Crippen LogP contribution in [0.25, 0.3) is 10.2 Å². The van der Waals surface area contributed by atoms with Crippen LogP contribution in [0.1, 0.15) is 22.8 Å². The van der Waals surface area contributed by atoms with Crippen molar-refractivity contribution in [2.24, 2.45) is 0 Å². The molecule has 0 fully saturated rings. The number of nitrogens with zero attached hydrogens (tertiary/aromatic N) is 2. The fraction of sp³-hybridized carbons (Fsp3) is 0.176. The molecule has 0 spiro atoms. The lowest BCUT2D eigenvalue weighted by Crippen LogP contribution is -2.13. The smallest absolute Gasteiger partial charge is 0.269 e. The monoisotopic (exact) mass is 357 g/mol. The molecule has 3 rings (SSSR count). The van der Waals surface area contributed by atoms with E-state index in [1.807, 2.05) is 25.1 Å². The number of nitrogens with one attached hydrogen (secondary N) is 1. The number of hydrogen-bond acceptors (Lipinski definition) is 6. The van der Waals surface area contributed by atoms with Crippen LogP contribution in [0.3, 0.4) is 0 Å². The number of anilines is 1. The zero-order valence-corrected chi connectivity index (χ0v) is 14.4. The van der Waals surface area contributed by atoms with E-state index in [4.69, 9.17) is 4.74 Å². The third-order valence-corrected chi connectivity index (χ3v) is 4.49. The Morgan fingerprint density at radius 3 is 2.80 bits per heavy atom. The largest absolute Gasteiger partial charge is 0.494 e. The van der Waals surface area contributed by atoms with Gasteiger partial charge in [0.1, 0.15) is 5.75 Å². The Morgan fingerprint density at radius 1 is 1.32 bits per heavy atom. The van der Waals surface area contributed by atoms with Crippen molar-refractivity contribution in [3.63, 3.8) is 0 Å². The summed E-state index contributed by atoms with van der Waals surface area (Å²) >= 11 is 1.34. The number of hydrogen-bond donors (Lipinski definition) is 1. The number of carbonyl (C=O) groups is 1. The van der Waals surface area contributed by atoms with Crippen molar-refractivity contribution in [3.05, 3.63) is 57.6 Å². The van der Waals surface area contributed by atoms with Gasteiger partial charge in [-0.15, -0.1) is 0 Å². The van der Waals surface area contributed by atoms with E-state index in [0.717, 1.165) is 16.0 Å². The number of fused-ring (bicyclic) bond motifs is 1. The van der Waals surface area contributed by atoms with Gasteiger partial charge in [-0.2, -0.15) is 0 Å². The molecule has 1 aromatic heterocycles. The molecule has 128 valence electrons. The first kappa shape index (κ1) is 16.8. The molecule has 0 saturated heterocycles. The molecule has 7 nitrogen and oxygen atoms in total. The number of non-ortho nitro benzene ring substituents is 1. The molecule has 1 heterocycles. The Hall–Kier alpha value is -3.00. The Labute approximate surface area is 147 Å². The zero-order chi connectivity index (χ0) is 18.0. The van der Waals surface area contributed by atoms with E-state index in [1.165, 1.54) is 29.5 Å². The first-order valence-corrected chi connectivity index (χ1v) is 8.39. The quantitative estimate of drug-likeness (QED) is 0.546. The SMILES string of the molecule is CCOc1ccc2nc(NC(=O)c3ccc([N+](=O)[O-])cc3C)sc2c1. The van der Waals surface area contributed by atoms with Gasteiger partial charge in [0.15, 0.2) is 5.13 Å². The molecule has 8 heteroatoms. The summed E-state index contributed by atoms with van der Waals surface area (Å²) in [6.07, 6.45) is 0. The molecule has 0 unspecified atom stereocenters. The fourth-order valence-corrected chi connectivity index (χ4v) is 3.28. The van der Waals surface area contributed by atoms with Gasteiger partial charge in [-0.3, -0.25) is 20.2 Å². The lowest BCUT2D eigenvalue weighted by molar-refractivity contribution is -0.384. The topological polar surface area (TPSA) is 94.4 Å². The van der Waals surface area contributed by atoms with Crippen molar-refractivity contribution in [3.8, 4) is 5.75 Å². The molecule has 2 aromatic carbocycles. The van der Waals surface area contributed by atoms with Crippen molar-refractivity contribution in [1.82, 2.24) is 4.98 Å². The molecule has 0 atom stereocenters. The Balaban J connectivity index is 1.83. The Morgan fingerprint density at radius 2 is 2.12 bits per heavy atom. The number of amides is 1. The number of ether oxygens (including phenoxy) is 1. The molecule has 0 aliphatic carbocycles. The summed E-state index contributed by atoms with van der Waals surface area (Å²) in [6.45, 7) is 4.15. The van der Waals surface area contributed by atoms with Crippen molar-refractivity contribution in [1.29, 1.82) is 0 Å². The number of thiazole rings is 1. The van der Waals surface area contributed by atoms with Crippen LogP contribution in [0.5, 0.6) is 5.75 Å². The number of rotatable bonds is 5. The molecule has 0 bridgehead atoms. The second kappa shape index (κ2) is 6.86. The highest BCUT2D eigenvalue weighted by molar-refractivity contribution is 7.22. The number of aryl methyl sites for hydroxylation is 1. The van der Waals surface area contributed by atoms with Crippen LogP contribution < -0.4 is 10.1 Å². The van der Waals surface area contributed by atoms with E-state index in [9.17, 15) is 14.9 Å². The molecule has 1 amide bonds. The van der Waals surface area contributed by atoms with Crippen LogP contribution in [-0.4, -0.2) is 22.4 Å². The third kappa shape index (κ3) is 3.58. The highest BCUT2D eigenvalue weighted by Crippen LogP contribution is 2.30. The fourth-order valence-electron chi connectivity index (χ4n) is 2.40. The molecular formula is C17H15N3O4S. The van der Waals surface area contributed by atoms with Gasteiger partial charge < -0.3 is 4.74 Å². The predicted octanol–water partition coefficient (Wildman–Crippen LogP) is 4.16. The molecule has 0 aliphatic heterocycles. The molecule has 0 aliphatic rings. The number of nitro benzene ring substituents is 1. The summed E-state index contributed by atoms with van der Waals surface area (Å²) in [5.41, 5.74) is 1.63. The molecule has 0 saturated carbocycles. The van der Waals surface area contributed by atoms with E-state index < -0.39 is 4.92 Å². The minimum Gasteiger partial charge on any atom is -0.494 e. The number of carbonyl (C=O) groups excluding carboxylic acids is 1. The highest BCUT2D eigenvalue weighted by atomic mass is 32.1. The number of benzene rings is 2. The summed E-state index contributed by atoms with van der Waals surface area (Å²) in [5, 5.41) is 14.0. The molecule has 1 N–H and O–H groups in total. The highest BCUT2D eigenvalue weighted by Gasteiger charge is 2.15. The summed E-state index contributed by atoms with van der Waals surface area (Å²) in [4.78, 5) is 27.1. The summed E-state index contributed by atoms with van der Waals surface area (Å²) in [7, 11) is 0. The van der Waals surface area contributed by atoms with Gasteiger partial charge in [-0.05, 0) is 43.7 Å². The van der Waals surface area contributed by atoms with E-state index in [-0.39, 0.29) is 11.6 Å². The number of aromatic nitrogens is 1. The van der Waals surface area contributed by atoms with E-state index in [0.29, 0.717) is 22.9 Å². The maximum atomic E-state index is 12.4.